The molecule has 1 atom stereocenters. The van der Waals surface area contributed by atoms with Gasteiger partial charge in [-0.25, -0.2) is 4.79 Å². The molecule has 24 heavy (non-hydrogen) atoms. The van der Waals surface area contributed by atoms with Crippen LogP contribution in [0, 0.1) is 12.8 Å². The lowest BCUT2D eigenvalue weighted by Gasteiger charge is -2.35. The first kappa shape index (κ1) is 18.4. The number of aromatic amines is 2. The topological polar surface area (TPSA) is 98.1 Å². The number of piperidine rings is 1. The van der Waals surface area contributed by atoms with Crippen molar-refractivity contribution in [3.63, 3.8) is 0 Å². The van der Waals surface area contributed by atoms with Gasteiger partial charge in [-0.3, -0.25) is 19.5 Å². The van der Waals surface area contributed by atoms with Gasteiger partial charge >= 0.3 is 5.69 Å². The second-order valence-electron chi connectivity index (χ2n) is 6.88. The van der Waals surface area contributed by atoms with Crippen molar-refractivity contribution in [1.29, 1.82) is 0 Å². The molecule has 134 valence electrons. The molecular formula is C17H28N4O3. The maximum Gasteiger partial charge on any atom is 0.325 e. The number of hydrogen-bond acceptors (Lipinski definition) is 4. The van der Waals surface area contributed by atoms with Gasteiger partial charge in [-0.1, -0.05) is 6.92 Å². The van der Waals surface area contributed by atoms with E-state index in [0.717, 1.165) is 19.0 Å². The Hall–Kier alpha value is -1.89. The van der Waals surface area contributed by atoms with Crippen molar-refractivity contribution in [2.24, 2.45) is 5.92 Å². The molecule has 1 aromatic heterocycles. The summed E-state index contributed by atoms with van der Waals surface area (Å²) < 4.78 is 0. The zero-order valence-electron chi connectivity index (χ0n) is 14.8. The normalized spacial score (nSPS) is 17.6. The Balaban J connectivity index is 1.78. The quantitative estimate of drug-likeness (QED) is 0.706. The molecule has 0 aliphatic carbocycles. The van der Waals surface area contributed by atoms with Crippen LogP contribution < -0.4 is 16.6 Å². The molecule has 7 heteroatoms. The predicted octanol–water partition coefficient (Wildman–Crippen LogP) is 0.541. The molecule has 0 unspecified atom stereocenters. The van der Waals surface area contributed by atoms with E-state index in [4.69, 9.17) is 0 Å². The first-order valence-electron chi connectivity index (χ1n) is 8.69. The van der Waals surface area contributed by atoms with E-state index in [1.165, 1.54) is 12.8 Å². The van der Waals surface area contributed by atoms with Gasteiger partial charge in [-0.15, -0.1) is 0 Å². The summed E-state index contributed by atoms with van der Waals surface area (Å²) in [7, 11) is 0. The zero-order valence-corrected chi connectivity index (χ0v) is 14.8. The number of carbonyl (C=O) groups excluding carboxylic acids is 1. The summed E-state index contributed by atoms with van der Waals surface area (Å²) in [6, 6.07) is 0.319. The van der Waals surface area contributed by atoms with Crippen LogP contribution in [0.3, 0.4) is 0 Å². The highest BCUT2D eigenvalue weighted by Gasteiger charge is 2.20. The van der Waals surface area contributed by atoms with Crippen molar-refractivity contribution in [3.8, 4) is 0 Å². The molecule has 2 rings (SSSR count). The molecular weight excluding hydrogens is 308 g/mol. The first-order chi connectivity index (χ1) is 11.4. The van der Waals surface area contributed by atoms with Crippen LogP contribution in [0.1, 0.15) is 44.4 Å². The molecule has 3 N–H and O–H groups in total. The van der Waals surface area contributed by atoms with Crippen LogP contribution >= 0.6 is 0 Å². The van der Waals surface area contributed by atoms with Crippen LogP contribution in [0.2, 0.25) is 0 Å². The summed E-state index contributed by atoms with van der Waals surface area (Å²) in [5, 5.41) is 2.95. The number of nitrogens with zero attached hydrogens (tertiary/aromatic N) is 1. The van der Waals surface area contributed by atoms with Crippen molar-refractivity contribution >= 4 is 5.91 Å². The number of rotatable bonds is 6. The Morgan fingerprint density at radius 3 is 2.58 bits per heavy atom. The van der Waals surface area contributed by atoms with E-state index < -0.39 is 11.2 Å². The number of aryl methyl sites for hydroxylation is 1. The van der Waals surface area contributed by atoms with Gasteiger partial charge in [0, 0.05) is 30.3 Å². The van der Waals surface area contributed by atoms with Crippen molar-refractivity contribution in [1.82, 2.24) is 20.2 Å². The van der Waals surface area contributed by atoms with Gasteiger partial charge < -0.3 is 10.3 Å². The second kappa shape index (κ2) is 8.28. The molecule has 1 aliphatic rings. The molecule has 0 aromatic carbocycles. The first-order valence-corrected chi connectivity index (χ1v) is 8.69. The molecule has 0 spiro atoms. The minimum atomic E-state index is -0.518. The molecule has 1 amide bonds. The van der Waals surface area contributed by atoms with E-state index in [1.807, 2.05) is 0 Å². The number of hydrogen-bond donors (Lipinski definition) is 3. The summed E-state index contributed by atoms with van der Waals surface area (Å²) in [6.07, 6.45) is 2.98. The highest BCUT2D eigenvalue weighted by molar-refractivity contribution is 5.76. The lowest BCUT2D eigenvalue weighted by Crippen LogP contribution is -2.45. The van der Waals surface area contributed by atoms with E-state index >= 15 is 0 Å². The number of carbonyl (C=O) groups is 1. The van der Waals surface area contributed by atoms with Gasteiger partial charge in [0.1, 0.15) is 0 Å². The molecule has 1 aliphatic heterocycles. The molecule has 1 fully saturated rings. The average Bonchev–Trinajstić information content (AvgIpc) is 2.52. The van der Waals surface area contributed by atoms with E-state index in [2.05, 4.69) is 34.0 Å². The Labute approximate surface area is 141 Å². The number of H-pyrrole nitrogens is 2. The van der Waals surface area contributed by atoms with Crippen molar-refractivity contribution in [2.75, 3.05) is 19.6 Å². The van der Waals surface area contributed by atoms with Gasteiger partial charge in [-0.2, -0.15) is 0 Å². The largest absolute Gasteiger partial charge is 0.355 e. The molecule has 1 saturated heterocycles. The third kappa shape index (κ3) is 5.06. The standard InChI is InChI=1S/C17H28N4O3/c1-11-6-8-21(9-7-11)12(2)10-18-15(22)5-4-14-13(3)19-17(24)20-16(14)23/h11-12H,4-10H2,1-3H3,(H,18,22)(H2,19,20,23,24)/t12-/m0/s1. The van der Waals surface area contributed by atoms with Gasteiger partial charge in [0.05, 0.1) is 0 Å². The molecule has 0 saturated carbocycles. The van der Waals surface area contributed by atoms with E-state index in [0.29, 0.717) is 30.3 Å². The summed E-state index contributed by atoms with van der Waals surface area (Å²) in [5.74, 6) is 0.721. The Morgan fingerprint density at radius 2 is 1.96 bits per heavy atom. The number of likely N-dealkylation sites (tertiary alicyclic amines) is 1. The SMILES string of the molecule is Cc1[nH]c(=O)[nH]c(=O)c1CCC(=O)NC[C@H](C)N1CCC(C)CC1. The number of amides is 1. The summed E-state index contributed by atoms with van der Waals surface area (Å²) in [5.41, 5.74) is 0.0467. The maximum absolute atomic E-state index is 12.0. The van der Waals surface area contributed by atoms with Crippen LogP contribution in [0.15, 0.2) is 9.59 Å². The lowest BCUT2D eigenvalue weighted by atomic mass is 9.98. The number of aromatic nitrogens is 2. The summed E-state index contributed by atoms with van der Waals surface area (Å²) >= 11 is 0. The molecule has 2 heterocycles. The minimum absolute atomic E-state index is 0.0720. The maximum atomic E-state index is 12.0. The Morgan fingerprint density at radius 1 is 1.29 bits per heavy atom. The van der Waals surface area contributed by atoms with Crippen LogP contribution in [0.4, 0.5) is 0 Å². The molecule has 1 aromatic rings. The smallest absolute Gasteiger partial charge is 0.325 e. The van der Waals surface area contributed by atoms with E-state index in [1.54, 1.807) is 6.92 Å². The van der Waals surface area contributed by atoms with Gasteiger partial charge in [-0.05, 0) is 52.1 Å². The fourth-order valence-corrected chi connectivity index (χ4v) is 3.11. The average molecular weight is 336 g/mol. The molecule has 7 nitrogen and oxygen atoms in total. The monoisotopic (exact) mass is 336 g/mol. The molecule has 0 radical (unpaired) electrons. The second-order valence-corrected chi connectivity index (χ2v) is 6.88. The number of nitrogens with one attached hydrogen (secondary N) is 3. The summed E-state index contributed by atoms with van der Waals surface area (Å²) in [6.45, 7) is 8.88. The molecule has 0 bridgehead atoms. The van der Waals surface area contributed by atoms with Gasteiger partial charge in [0.2, 0.25) is 5.91 Å². The van der Waals surface area contributed by atoms with Crippen LogP contribution in [-0.2, 0) is 11.2 Å². The zero-order chi connectivity index (χ0) is 17.7. The van der Waals surface area contributed by atoms with Gasteiger partial charge in [0.15, 0.2) is 0 Å². The lowest BCUT2D eigenvalue weighted by molar-refractivity contribution is -0.121. The minimum Gasteiger partial charge on any atom is -0.355 e. The fourth-order valence-electron chi connectivity index (χ4n) is 3.11. The highest BCUT2D eigenvalue weighted by Crippen LogP contribution is 2.17. The Bertz CT molecular complexity index is 671. The van der Waals surface area contributed by atoms with Crippen molar-refractivity contribution in [2.45, 2.75) is 52.5 Å². The van der Waals surface area contributed by atoms with Gasteiger partial charge in [0.25, 0.3) is 5.56 Å². The van der Waals surface area contributed by atoms with Crippen LogP contribution in [0.25, 0.3) is 0 Å². The van der Waals surface area contributed by atoms with Crippen LogP contribution in [-0.4, -0.2) is 46.5 Å². The Kier molecular flexibility index (Phi) is 6.36. The fraction of sp³-hybridized carbons (Fsp3) is 0.706. The van der Waals surface area contributed by atoms with Crippen LogP contribution in [0.5, 0.6) is 0 Å². The third-order valence-corrected chi connectivity index (χ3v) is 4.89. The summed E-state index contributed by atoms with van der Waals surface area (Å²) in [4.78, 5) is 42.1. The third-order valence-electron chi connectivity index (χ3n) is 4.89. The van der Waals surface area contributed by atoms with Crippen molar-refractivity contribution < 1.29 is 4.79 Å². The van der Waals surface area contributed by atoms with E-state index in [-0.39, 0.29) is 12.3 Å². The predicted molar refractivity (Wildman–Crippen MR) is 93.2 cm³/mol. The van der Waals surface area contributed by atoms with E-state index in [9.17, 15) is 14.4 Å². The highest BCUT2D eigenvalue weighted by atomic mass is 16.2. The van der Waals surface area contributed by atoms with Crippen molar-refractivity contribution in [3.05, 3.63) is 32.1 Å².